The number of nitrogens with two attached hydrogens (primary N) is 1. The summed E-state index contributed by atoms with van der Waals surface area (Å²) < 4.78 is 0. The van der Waals surface area contributed by atoms with Crippen molar-refractivity contribution in [2.75, 3.05) is 24.5 Å². The standard InChI is InChI=1S/C16H22N2/c17-11-16(5-6-16)14-9-12-3-1-7-18-8-2-4-13(10-14)15(12)18/h9-10H,1-8,11,17H2. The Hall–Kier alpha value is -1.02. The van der Waals surface area contributed by atoms with Crippen molar-refractivity contribution in [2.45, 2.75) is 43.9 Å². The van der Waals surface area contributed by atoms with E-state index in [0.717, 1.165) is 6.54 Å². The molecule has 0 unspecified atom stereocenters. The van der Waals surface area contributed by atoms with Crippen LogP contribution < -0.4 is 10.6 Å². The number of hydrogen-bond acceptors (Lipinski definition) is 2. The van der Waals surface area contributed by atoms with E-state index >= 15 is 0 Å². The van der Waals surface area contributed by atoms with Gasteiger partial charge in [-0.15, -0.1) is 0 Å². The fourth-order valence-corrected chi connectivity index (χ4v) is 3.87. The Kier molecular flexibility index (Phi) is 2.25. The van der Waals surface area contributed by atoms with Crippen LogP contribution in [0, 0.1) is 0 Å². The molecule has 1 aliphatic carbocycles. The van der Waals surface area contributed by atoms with Crippen molar-refractivity contribution in [1.29, 1.82) is 0 Å². The Morgan fingerprint density at radius 3 is 2.17 bits per heavy atom. The number of hydrogen-bond donors (Lipinski definition) is 1. The Morgan fingerprint density at radius 2 is 1.67 bits per heavy atom. The molecule has 0 spiro atoms. The zero-order valence-corrected chi connectivity index (χ0v) is 11.0. The van der Waals surface area contributed by atoms with Gasteiger partial charge in [-0.1, -0.05) is 12.1 Å². The Morgan fingerprint density at radius 1 is 1.06 bits per heavy atom. The summed E-state index contributed by atoms with van der Waals surface area (Å²) in [5.41, 5.74) is 12.7. The lowest BCUT2D eigenvalue weighted by molar-refractivity contribution is 0.626. The van der Waals surface area contributed by atoms with E-state index in [-0.39, 0.29) is 0 Å². The normalized spacial score (nSPS) is 23.7. The van der Waals surface area contributed by atoms with Gasteiger partial charge in [0.15, 0.2) is 0 Å². The topological polar surface area (TPSA) is 29.3 Å². The molecule has 3 aliphatic rings. The Bertz CT molecular complexity index is 457. The maximum absolute atomic E-state index is 6.00. The first-order valence-corrected chi connectivity index (χ1v) is 7.44. The van der Waals surface area contributed by atoms with E-state index in [1.807, 2.05) is 0 Å². The number of nitrogens with zero attached hydrogens (tertiary/aromatic N) is 1. The van der Waals surface area contributed by atoms with Crippen molar-refractivity contribution < 1.29 is 0 Å². The van der Waals surface area contributed by atoms with Crippen molar-refractivity contribution in [3.63, 3.8) is 0 Å². The highest BCUT2D eigenvalue weighted by Gasteiger charge is 2.43. The van der Waals surface area contributed by atoms with Crippen molar-refractivity contribution >= 4 is 5.69 Å². The predicted molar refractivity (Wildman–Crippen MR) is 75.3 cm³/mol. The largest absolute Gasteiger partial charge is 0.371 e. The molecule has 2 heteroatoms. The van der Waals surface area contributed by atoms with E-state index in [9.17, 15) is 0 Å². The summed E-state index contributed by atoms with van der Waals surface area (Å²) in [5, 5.41) is 0. The summed E-state index contributed by atoms with van der Waals surface area (Å²) in [5.74, 6) is 0. The van der Waals surface area contributed by atoms with Crippen LogP contribution in [0.2, 0.25) is 0 Å². The van der Waals surface area contributed by atoms with Crippen LogP contribution in [-0.4, -0.2) is 19.6 Å². The van der Waals surface area contributed by atoms with E-state index < -0.39 is 0 Å². The minimum Gasteiger partial charge on any atom is -0.371 e. The van der Waals surface area contributed by atoms with Crippen LogP contribution in [0.15, 0.2) is 12.1 Å². The maximum Gasteiger partial charge on any atom is 0.0431 e. The highest BCUT2D eigenvalue weighted by atomic mass is 15.1. The number of benzene rings is 1. The van der Waals surface area contributed by atoms with Gasteiger partial charge in [-0.3, -0.25) is 0 Å². The molecule has 0 saturated heterocycles. The molecule has 0 radical (unpaired) electrons. The van der Waals surface area contributed by atoms with Crippen molar-refractivity contribution in [3.8, 4) is 0 Å². The summed E-state index contributed by atoms with van der Waals surface area (Å²) in [6.45, 7) is 3.36. The van der Waals surface area contributed by atoms with Crippen molar-refractivity contribution in [1.82, 2.24) is 0 Å². The maximum atomic E-state index is 6.00. The highest BCUT2D eigenvalue weighted by Crippen LogP contribution is 2.49. The van der Waals surface area contributed by atoms with E-state index in [1.165, 1.54) is 51.6 Å². The average molecular weight is 242 g/mol. The van der Waals surface area contributed by atoms with Gasteiger partial charge in [-0.25, -0.2) is 0 Å². The average Bonchev–Trinajstić information content (AvgIpc) is 3.20. The SMILES string of the molecule is NCC1(c2cc3c4c(c2)CCCN4CCC3)CC1. The van der Waals surface area contributed by atoms with Crippen LogP contribution in [0.4, 0.5) is 5.69 Å². The number of rotatable bonds is 2. The monoisotopic (exact) mass is 242 g/mol. The fraction of sp³-hybridized carbons (Fsp3) is 0.625. The van der Waals surface area contributed by atoms with Gasteiger partial charge in [0.1, 0.15) is 0 Å². The lowest BCUT2D eigenvalue weighted by Crippen LogP contribution is -2.35. The summed E-state index contributed by atoms with van der Waals surface area (Å²) in [4.78, 5) is 2.61. The van der Waals surface area contributed by atoms with Crippen LogP contribution in [-0.2, 0) is 18.3 Å². The molecular weight excluding hydrogens is 220 g/mol. The fourth-order valence-electron chi connectivity index (χ4n) is 3.87. The van der Waals surface area contributed by atoms with Crippen LogP contribution >= 0.6 is 0 Å². The van der Waals surface area contributed by atoms with E-state index in [0.29, 0.717) is 5.41 Å². The molecule has 1 saturated carbocycles. The lowest BCUT2D eigenvalue weighted by atomic mass is 9.85. The smallest absolute Gasteiger partial charge is 0.0431 e. The van der Waals surface area contributed by atoms with Crippen LogP contribution in [0.5, 0.6) is 0 Å². The molecule has 18 heavy (non-hydrogen) atoms. The second-order valence-electron chi connectivity index (χ2n) is 6.32. The second kappa shape index (κ2) is 3.74. The Labute approximate surface area is 109 Å². The number of aryl methyl sites for hydroxylation is 2. The highest BCUT2D eigenvalue weighted by molar-refractivity contribution is 5.65. The second-order valence-corrected chi connectivity index (χ2v) is 6.32. The van der Waals surface area contributed by atoms with E-state index in [2.05, 4.69) is 17.0 Å². The van der Waals surface area contributed by atoms with Gasteiger partial charge in [-0.2, -0.15) is 0 Å². The van der Waals surface area contributed by atoms with Gasteiger partial charge in [0.25, 0.3) is 0 Å². The lowest BCUT2D eigenvalue weighted by Gasteiger charge is -2.37. The van der Waals surface area contributed by atoms with E-state index in [4.69, 9.17) is 5.73 Å². The van der Waals surface area contributed by atoms with E-state index in [1.54, 1.807) is 22.4 Å². The molecule has 1 fully saturated rings. The van der Waals surface area contributed by atoms with Gasteiger partial charge in [0.05, 0.1) is 0 Å². The molecule has 0 amide bonds. The summed E-state index contributed by atoms with van der Waals surface area (Å²) in [6, 6.07) is 4.96. The quantitative estimate of drug-likeness (QED) is 0.862. The van der Waals surface area contributed by atoms with Crippen molar-refractivity contribution in [3.05, 3.63) is 28.8 Å². The molecule has 2 aliphatic heterocycles. The minimum atomic E-state index is 0.352. The molecule has 2 nitrogen and oxygen atoms in total. The van der Waals surface area contributed by atoms with Gasteiger partial charge in [0.2, 0.25) is 0 Å². The third kappa shape index (κ3) is 1.45. The predicted octanol–water partition coefficient (Wildman–Crippen LogP) is 2.38. The molecule has 0 aromatic heterocycles. The van der Waals surface area contributed by atoms with Crippen LogP contribution in [0.25, 0.3) is 0 Å². The molecular formula is C16H22N2. The molecule has 1 aromatic rings. The first-order chi connectivity index (χ1) is 8.82. The minimum absolute atomic E-state index is 0.352. The summed E-state index contributed by atoms with van der Waals surface area (Å²) in [6.07, 6.45) is 7.79. The molecule has 2 N–H and O–H groups in total. The third-order valence-corrected chi connectivity index (χ3v) is 5.19. The zero-order valence-electron chi connectivity index (χ0n) is 11.0. The van der Waals surface area contributed by atoms with Gasteiger partial charge in [-0.05, 0) is 55.2 Å². The van der Waals surface area contributed by atoms with Gasteiger partial charge < -0.3 is 10.6 Å². The summed E-state index contributed by atoms with van der Waals surface area (Å²) in [7, 11) is 0. The van der Waals surface area contributed by atoms with Crippen LogP contribution in [0.1, 0.15) is 42.4 Å². The van der Waals surface area contributed by atoms with Gasteiger partial charge in [0, 0.05) is 30.7 Å². The summed E-state index contributed by atoms with van der Waals surface area (Å²) >= 11 is 0. The first-order valence-electron chi connectivity index (χ1n) is 7.44. The van der Waals surface area contributed by atoms with Crippen molar-refractivity contribution in [2.24, 2.45) is 5.73 Å². The van der Waals surface area contributed by atoms with Crippen LogP contribution in [0.3, 0.4) is 0 Å². The molecule has 0 atom stereocenters. The Balaban J connectivity index is 1.85. The zero-order chi connectivity index (χ0) is 12.2. The number of anilines is 1. The third-order valence-electron chi connectivity index (χ3n) is 5.19. The molecule has 1 aromatic carbocycles. The molecule has 0 bridgehead atoms. The molecule has 96 valence electrons. The first kappa shape index (κ1) is 10.9. The van der Waals surface area contributed by atoms with Gasteiger partial charge >= 0.3 is 0 Å². The molecule has 4 rings (SSSR count). The molecule has 2 heterocycles.